The molecule has 0 aliphatic heterocycles. The minimum atomic E-state index is -1.78. The third-order valence-corrected chi connectivity index (χ3v) is 14.3. The largest absolute Gasteiger partial charge is 0.413 e. The second-order valence-corrected chi connectivity index (χ2v) is 17.6. The second kappa shape index (κ2) is 6.17. The number of fused-ring (bicyclic) bond motifs is 3. The maximum Gasteiger partial charge on any atom is 0.192 e. The highest BCUT2D eigenvalue weighted by molar-refractivity contribution is 6.74. The van der Waals surface area contributed by atoms with Gasteiger partial charge in [-0.25, -0.2) is 0 Å². The summed E-state index contributed by atoms with van der Waals surface area (Å²) in [7, 11) is -1.78. The molecule has 2 nitrogen and oxygen atoms in total. The van der Waals surface area contributed by atoms with Gasteiger partial charge in [0, 0.05) is 11.3 Å². The molecule has 0 bridgehead atoms. The standard InChI is InChI=1S/C24H44O2Si/c1-16-15-18-23(7)14-12-19(26-27(9,10)21(2,3)4)22(5,6)17(23)11-13-24(18,8)20(16)25/h16-19H,11-15H2,1-10H3/t16?,17-,18+,19-,23-,24+/m1/s1. The Morgan fingerprint density at radius 3 is 2.15 bits per heavy atom. The molecule has 3 rings (SSSR count). The van der Waals surface area contributed by atoms with Gasteiger partial charge in [-0.3, -0.25) is 4.79 Å². The van der Waals surface area contributed by atoms with Crippen LogP contribution in [0, 0.1) is 34.0 Å². The first kappa shape index (κ1) is 21.6. The average molecular weight is 393 g/mol. The lowest BCUT2D eigenvalue weighted by molar-refractivity contribution is -0.164. The van der Waals surface area contributed by atoms with Crippen molar-refractivity contribution in [2.45, 2.75) is 112 Å². The topological polar surface area (TPSA) is 26.3 Å². The van der Waals surface area contributed by atoms with Crippen molar-refractivity contribution in [3.05, 3.63) is 0 Å². The van der Waals surface area contributed by atoms with Crippen LogP contribution in [0.4, 0.5) is 0 Å². The van der Waals surface area contributed by atoms with E-state index in [0.29, 0.717) is 23.7 Å². The van der Waals surface area contributed by atoms with Crippen molar-refractivity contribution in [1.29, 1.82) is 0 Å². The molecular formula is C24H44O2Si. The molecule has 3 heteroatoms. The van der Waals surface area contributed by atoms with E-state index in [1.807, 2.05) is 0 Å². The van der Waals surface area contributed by atoms with Gasteiger partial charge in [-0.1, -0.05) is 55.4 Å². The molecule has 6 atom stereocenters. The molecule has 156 valence electrons. The predicted molar refractivity (Wildman–Crippen MR) is 116 cm³/mol. The summed E-state index contributed by atoms with van der Waals surface area (Å²) >= 11 is 0. The fourth-order valence-electron chi connectivity index (χ4n) is 7.12. The van der Waals surface area contributed by atoms with E-state index >= 15 is 0 Å². The molecule has 3 aliphatic carbocycles. The molecule has 1 unspecified atom stereocenters. The molecule has 0 spiro atoms. The number of carbonyl (C=O) groups excluding carboxylic acids is 1. The Balaban J connectivity index is 1.90. The highest BCUT2D eigenvalue weighted by atomic mass is 28.4. The first-order chi connectivity index (χ1) is 12.1. The van der Waals surface area contributed by atoms with E-state index < -0.39 is 8.32 Å². The number of ketones is 1. The summed E-state index contributed by atoms with van der Waals surface area (Å²) in [6.07, 6.45) is 6.10. The average Bonchev–Trinajstić information content (AvgIpc) is 2.74. The lowest BCUT2D eigenvalue weighted by Crippen LogP contribution is -2.60. The smallest absolute Gasteiger partial charge is 0.192 e. The van der Waals surface area contributed by atoms with Crippen LogP contribution in [0.5, 0.6) is 0 Å². The van der Waals surface area contributed by atoms with Crippen LogP contribution < -0.4 is 0 Å². The summed E-state index contributed by atoms with van der Waals surface area (Å²) in [6.45, 7) is 23.7. The zero-order valence-corrected chi connectivity index (χ0v) is 20.7. The Labute approximate surface area is 169 Å². The number of hydrogen-bond acceptors (Lipinski definition) is 2. The van der Waals surface area contributed by atoms with Gasteiger partial charge >= 0.3 is 0 Å². The third-order valence-electron chi connectivity index (χ3n) is 9.83. The minimum Gasteiger partial charge on any atom is -0.413 e. The summed E-state index contributed by atoms with van der Waals surface area (Å²) in [5, 5.41) is 0.252. The highest BCUT2D eigenvalue weighted by Gasteiger charge is 2.65. The van der Waals surface area contributed by atoms with E-state index in [9.17, 15) is 4.79 Å². The van der Waals surface area contributed by atoms with Crippen LogP contribution >= 0.6 is 0 Å². The van der Waals surface area contributed by atoms with Gasteiger partial charge in [-0.2, -0.15) is 0 Å². The van der Waals surface area contributed by atoms with Crippen LogP contribution in [0.15, 0.2) is 0 Å². The molecule has 3 saturated carbocycles. The lowest BCUT2D eigenvalue weighted by atomic mass is 9.43. The van der Waals surface area contributed by atoms with Gasteiger partial charge in [0.05, 0.1) is 6.10 Å². The van der Waals surface area contributed by atoms with Crippen LogP contribution in [0.1, 0.15) is 87.5 Å². The lowest BCUT2D eigenvalue weighted by Gasteiger charge is -2.63. The molecule has 0 amide bonds. The van der Waals surface area contributed by atoms with Gasteiger partial charge in [0.15, 0.2) is 8.32 Å². The highest BCUT2D eigenvalue weighted by Crippen LogP contribution is 2.68. The van der Waals surface area contributed by atoms with Gasteiger partial charge in [0.2, 0.25) is 0 Å². The Kier molecular flexibility index (Phi) is 4.93. The number of Topliss-reactive ketones (excluding diaryl/α,β-unsaturated/α-hetero) is 1. The molecule has 0 N–H and O–H groups in total. The van der Waals surface area contributed by atoms with Crippen molar-refractivity contribution in [3.63, 3.8) is 0 Å². The van der Waals surface area contributed by atoms with E-state index in [1.165, 1.54) is 12.8 Å². The summed E-state index contributed by atoms with van der Waals surface area (Å²) in [5.74, 6) is 2.01. The molecule has 3 aliphatic rings. The van der Waals surface area contributed by atoms with Gasteiger partial charge in [0.25, 0.3) is 0 Å². The van der Waals surface area contributed by atoms with E-state index in [-0.39, 0.29) is 27.2 Å². The van der Waals surface area contributed by atoms with Crippen LogP contribution in [0.2, 0.25) is 18.1 Å². The zero-order valence-electron chi connectivity index (χ0n) is 19.7. The van der Waals surface area contributed by atoms with Crippen molar-refractivity contribution >= 4 is 14.1 Å². The predicted octanol–water partition coefficient (Wildman–Crippen LogP) is 6.84. The first-order valence-electron chi connectivity index (χ1n) is 11.3. The summed E-state index contributed by atoms with van der Waals surface area (Å²) in [4.78, 5) is 13.0. The molecule has 0 radical (unpaired) electrons. The molecule has 3 fully saturated rings. The van der Waals surface area contributed by atoms with Gasteiger partial charge < -0.3 is 4.43 Å². The minimum absolute atomic E-state index is 0.0755. The number of rotatable bonds is 2. The van der Waals surface area contributed by atoms with Crippen molar-refractivity contribution in [3.8, 4) is 0 Å². The third kappa shape index (κ3) is 3.01. The van der Waals surface area contributed by atoms with Crippen LogP contribution in [-0.2, 0) is 9.22 Å². The molecule has 0 aromatic rings. The Bertz CT molecular complexity index is 616. The van der Waals surface area contributed by atoms with Gasteiger partial charge in [-0.05, 0) is 72.9 Å². The molecule has 0 aromatic carbocycles. The quantitative estimate of drug-likeness (QED) is 0.481. The summed E-state index contributed by atoms with van der Waals surface area (Å²) < 4.78 is 7.00. The van der Waals surface area contributed by atoms with E-state index in [1.54, 1.807) is 0 Å². The zero-order chi connectivity index (χ0) is 20.6. The first-order valence-corrected chi connectivity index (χ1v) is 14.2. The van der Waals surface area contributed by atoms with Gasteiger partial charge in [-0.15, -0.1) is 0 Å². The van der Waals surface area contributed by atoms with Crippen molar-refractivity contribution in [1.82, 2.24) is 0 Å². The van der Waals surface area contributed by atoms with Crippen molar-refractivity contribution in [2.75, 3.05) is 0 Å². The Hall–Kier alpha value is -0.153. The summed E-state index contributed by atoms with van der Waals surface area (Å²) in [5.41, 5.74) is 0.386. The van der Waals surface area contributed by atoms with E-state index in [2.05, 4.69) is 68.5 Å². The maximum atomic E-state index is 13.0. The van der Waals surface area contributed by atoms with Crippen LogP contribution in [0.25, 0.3) is 0 Å². The van der Waals surface area contributed by atoms with Crippen LogP contribution in [0.3, 0.4) is 0 Å². The van der Waals surface area contributed by atoms with Crippen LogP contribution in [-0.4, -0.2) is 20.2 Å². The second-order valence-electron chi connectivity index (χ2n) is 12.8. The molecule has 27 heavy (non-hydrogen) atoms. The number of carbonyl (C=O) groups is 1. The molecule has 0 saturated heterocycles. The normalized spacial score (nSPS) is 44.7. The maximum absolute atomic E-state index is 13.0. The molecule has 0 aromatic heterocycles. The number of hydrogen-bond donors (Lipinski definition) is 0. The monoisotopic (exact) mass is 392 g/mol. The SMILES string of the molecule is CC1C[C@H]2[C@]3(C)CC[C@@H](O[Si](C)(C)C(C)(C)C)C(C)(C)[C@H]3CC[C@]2(C)C1=O. The summed E-state index contributed by atoms with van der Waals surface area (Å²) in [6, 6.07) is 0. The van der Waals surface area contributed by atoms with E-state index in [4.69, 9.17) is 4.43 Å². The fourth-order valence-corrected chi connectivity index (χ4v) is 8.60. The fraction of sp³-hybridized carbons (Fsp3) is 0.958. The molecular weight excluding hydrogens is 348 g/mol. The van der Waals surface area contributed by atoms with Gasteiger partial charge in [0.1, 0.15) is 5.78 Å². The van der Waals surface area contributed by atoms with Crippen molar-refractivity contribution in [2.24, 2.45) is 34.0 Å². The Morgan fingerprint density at radius 2 is 1.59 bits per heavy atom. The molecule has 0 heterocycles. The van der Waals surface area contributed by atoms with E-state index in [0.717, 1.165) is 19.3 Å². The van der Waals surface area contributed by atoms with Crippen molar-refractivity contribution < 1.29 is 9.22 Å². The Morgan fingerprint density at radius 1 is 1.00 bits per heavy atom.